The monoisotopic (exact) mass is 319 g/mol. The number of rotatable bonds is 11. The van der Waals surface area contributed by atoms with Crippen LogP contribution in [0.15, 0.2) is 18.2 Å². The minimum absolute atomic E-state index is 1.06. The molecule has 132 valence electrons. The smallest absolute Gasteiger partial charge is 0.0230 e. The molecule has 0 unspecified atom stereocenters. The Morgan fingerprint density at radius 2 is 1.17 bits per heavy atom. The summed E-state index contributed by atoms with van der Waals surface area (Å²) in [5, 5.41) is 0. The molecular formula is C20H37N3. The largest absolute Gasteiger partial charge is 0.309 e. The number of benzene rings is 1. The van der Waals surface area contributed by atoms with Crippen LogP contribution in [-0.2, 0) is 6.54 Å². The third kappa shape index (κ3) is 9.75. The van der Waals surface area contributed by atoms with E-state index in [2.05, 4.69) is 74.9 Å². The first kappa shape index (κ1) is 20.1. The lowest BCUT2D eigenvalue weighted by atomic mass is 10.1. The van der Waals surface area contributed by atoms with E-state index >= 15 is 0 Å². The SMILES string of the molecule is Cc1cc(C)cc(CN(C)CCCCN(C)CCCN(C)C)c1. The van der Waals surface area contributed by atoms with Crippen LogP contribution in [0.1, 0.15) is 36.0 Å². The van der Waals surface area contributed by atoms with Gasteiger partial charge in [-0.1, -0.05) is 29.3 Å². The van der Waals surface area contributed by atoms with Gasteiger partial charge in [0.2, 0.25) is 0 Å². The van der Waals surface area contributed by atoms with Crippen molar-refractivity contribution in [2.45, 2.75) is 39.7 Å². The van der Waals surface area contributed by atoms with E-state index in [1.54, 1.807) is 0 Å². The molecule has 0 radical (unpaired) electrons. The van der Waals surface area contributed by atoms with Crippen LogP contribution in [0.4, 0.5) is 0 Å². The second-order valence-corrected chi connectivity index (χ2v) is 7.40. The van der Waals surface area contributed by atoms with Crippen molar-refractivity contribution in [1.29, 1.82) is 0 Å². The molecular weight excluding hydrogens is 282 g/mol. The Hall–Kier alpha value is -0.900. The Labute approximate surface area is 144 Å². The maximum absolute atomic E-state index is 2.47. The number of aryl methyl sites for hydroxylation is 2. The van der Waals surface area contributed by atoms with Gasteiger partial charge in [0.05, 0.1) is 0 Å². The van der Waals surface area contributed by atoms with Crippen LogP contribution in [0.5, 0.6) is 0 Å². The van der Waals surface area contributed by atoms with Gasteiger partial charge >= 0.3 is 0 Å². The minimum atomic E-state index is 1.06. The van der Waals surface area contributed by atoms with Gasteiger partial charge < -0.3 is 14.7 Å². The van der Waals surface area contributed by atoms with Crippen molar-refractivity contribution in [2.75, 3.05) is 54.4 Å². The molecule has 0 aromatic heterocycles. The lowest BCUT2D eigenvalue weighted by Crippen LogP contribution is -2.25. The van der Waals surface area contributed by atoms with Gasteiger partial charge in [0.25, 0.3) is 0 Å². The van der Waals surface area contributed by atoms with Crippen LogP contribution < -0.4 is 0 Å². The fourth-order valence-electron chi connectivity index (χ4n) is 3.08. The average molecular weight is 320 g/mol. The molecule has 3 heteroatoms. The van der Waals surface area contributed by atoms with Crippen LogP contribution in [-0.4, -0.2) is 69.1 Å². The van der Waals surface area contributed by atoms with E-state index in [0.717, 1.165) is 6.54 Å². The Morgan fingerprint density at radius 1 is 0.652 bits per heavy atom. The summed E-state index contributed by atoms with van der Waals surface area (Å²) in [6, 6.07) is 6.86. The van der Waals surface area contributed by atoms with Gasteiger partial charge in [0.1, 0.15) is 0 Å². The normalized spacial score (nSPS) is 11.9. The fourth-order valence-corrected chi connectivity index (χ4v) is 3.08. The molecule has 0 saturated carbocycles. The van der Waals surface area contributed by atoms with E-state index < -0.39 is 0 Å². The summed E-state index contributed by atoms with van der Waals surface area (Å²) in [6.45, 7) is 10.2. The Morgan fingerprint density at radius 3 is 1.74 bits per heavy atom. The summed E-state index contributed by atoms with van der Waals surface area (Å²) in [4.78, 5) is 7.17. The highest BCUT2D eigenvalue weighted by Crippen LogP contribution is 2.11. The van der Waals surface area contributed by atoms with Gasteiger partial charge in [-0.25, -0.2) is 0 Å². The van der Waals surface area contributed by atoms with Crippen molar-refractivity contribution < 1.29 is 0 Å². The van der Waals surface area contributed by atoms with Crippen molar-refractivity contribution in [3.8, 4) is 0 Å². The number of hydrogen-bond donors (Lipinski definition) is 0. The van der Waals surface area contributed by atoms with E-state index in [0.29, 0.717) is 0 Å². The van der Waals surface area contributed by atoms with Gasteiger partial charge in [-0.05, 0) is 93.0 Å². The molecule has 0 bridgehead atoms. The molecule has 0 saturated heterocycles. The number of hydrogen-bond acceptors (Lipinski definition) is 3. The maximum atomic E-state index is 2.47. The van der Waals surface area contributed by atoms with Gasteiger partial charge in [-0.2, -0.15) is 0 Å². The predicted molar refractivity (Wildman–Crippen MR) is 102 cm³/mol. The molecule has 1 aromatic carbocycles. The van der Waals surface area contributed by atoms with Crippen LogP contribution >= 0.6 is 0 Å². The molecule has 0 aliphatic rings. The van der Waals surface area contributed by atoms with E-state index in [9.17, 15) is 0 Å². The van der Waals surface area contributed by atoms with E-state index in [-0.39, 0.29) is 0 Å². The molecule has 0 fully saturated rings. The van der Waals surface area contributed by atoms with E-state index in [1.807, 2.05) is 0 Å². The van der Waals surface area contributed by atoms with Crippen molar-refractivity contribution in [1.82, 2.24) is 14.7 Å². The van der Waals surface area contributed by atoms with Crippen molar-refractivity contribution in [2.24, 2.45) is 0 Å². The summed E-state index contributed by atoms with van der Waals surface area (Å²) in [6.07, 6.45) is 3.82. The standard InChI is InChI=1S/C20H37N3/c1-18-14-19(2)16-20(15-18)17-23(6)12-8-7-11-22(5)13-9-10-21(3)4/h14-16H,7-13,17H2,1-6H3. The first-order valence-corrected chi connectivity index (χ1v) is 8.96. The topological polar surface area (TPSA) is 9.72 Å². The summed E-state index contributed by atoms with van der Waals surface area (Å²) in [7, 11) is 8.77. The number of nitrogens with zero attached hydrogens (tertiary/aromatic N) is 3. The zero-order chi connectivity index (χ0) is 17.2. The molecule has 23 heavy (non-hydrogen) atoms. The molecule has 0 spiro atoms. The van der Waals surface area contributed by atoms with Gasteiger partial charge in [-0.3, -0.25) is 0 Å². The second kappa shape index (κ2) is 10.8. The third-order valence-electron chi connectivity index (χ3n) is 4.21. The van der Waals surface area contributed by atoms with Gasteiger partial charge in [0, 0.05) is 6.54 Å². The van der Waals surface area contributed by atoms with Crippen LogP contribution in [0.25, 0.3) is 0 Å². The average Bonchev–Trinajstić information content (AvgIpc) is 2.42. The minimum Gasteiger partial charge on any atom is -0.309 e. The van der Waals surface area contributed by atoms with Crippen LogP contribution in [0, 0.1) is 13.8 Å². The Kier molecular flexibility index (Phi) is 9.46. The quantitative estimate of drug-likeness (QED) is 0.579. The maximum Gasteiger partial charge on any atom is 0.0230 e. The van der Waals surface area contributed by atoms with Gasteiger partial charge in [0.15, 0.2) is 0 Å². The summed E-state index contributed by atoms with van der Waals surface area (Å²) in [5.41, 5.74) is 4.17. The zero-order valence-corrected chi connectivity index (χ0v) is 16.2. The molecule has 1 rings (SSSR count). The zero-order valence-electron chi connectivity index (χ0n) is 16.2. The Bertz CT molecular complexity index is 422. The molecule has 0 aliphatic carbocycles. The van der Waals surface area contributed by atoms with Gasteiger partial charge in [-0.15, -0.1) is 0 Å². The summed E-state index contributed by atoms with van der Waals surface area (Å²) < 4.78 is 0. The lowest BCUT2D eigenvalue weighted by Gasteiger charge is -2.20. The third-order valence-corrected chi connectivity index (χ3v) is 4.21. The summed E-state index contributed by atoms with van der Waals surface area (Å²) >= 11 is 0. The fraction of sp³-hybridized carbons (Fsp3) is 0.700. The predicted octanol–water partition coefficient (Wildman–Crippen LogP) is 3.40. The van der Waals surface area contributed by atoms with E-state index in [1.165, 1.54) is 62.1 Å². The Balaban J connectivity index is 2.15. The second-order valence-electron chi connectivity index (χ2n) is 7.40. The molecule has 0 amide bonds. The highest BCUT2D eigenvalue weighted by Gasteiger charge is 2.03. The molecule has 0 aliphatic heterocycles. The first-order valence-electron chi connectivity index (χ1n) is 8.96. The lowest BCUT2D eigenvalue weighted by molar-refractivity contribution is 0.276. The van der Waals surface area contributed by atoms with E-state index in [4.69, 9.17) is 0 Å². The molecule has 1 aromatic rings. The van der Waals surface area contributed by atoms with Crippen molar-refractivity contribution in [3.05, 3.63) is 34.9 Å². The van der Waals surface area contributed by atoms with Crippen molar-refractivity contribution >= 4 is 0 Å². The highest BCUT2D eigenvalue weighted by molar-refractivity contribution is 5.28. The number of unbranched alkanes of at least 4 members (excludes halogenated alkanes) is 1. The van der Waals surface area contributed by atoms with Crippen LogP contribution in [0.3, 0.4) is 0 Å². The first-order chi connectivity index (χ1) is 10.9. The summed E-state index contributed by atoms with van der Waals surface area (Å²) in [5.74, 6) is 0. The molecule has 0 heterocycles. The molecule has 0 N–H and O–H groups in total. The van der Waals surface area contributed by atoms with Crippen molar-refractivity contribution in [3.63, 3.8) is 0 Å². The van der Waals surface area contributed by atoms with Crippen LogP contribution in [0.2, 0.25) is 0 Å². The molecule has 3 nitrogen and oxygen atoms in total. The highest BCUT2D eigenvalue weighted by atomic mass is 15.1. The molecule has 0 atom stereocenters.